The highest BCUT2D eigenvalue weighted by molar-refractivity contribution is 8.15. The number of carbonyl (C=O) groups excluding carboxylic acids is 1. The molecular formula is C29H25N3OS. The van der Waals surface area contributed by atoms with Gasteiger partial charge in [0, 0.05) is 30.3 Å². The molecule has 0 fully saturated rings. The third-order valence-corrected chi connectivity index (χ3v) is 7.16. The average Bonchev–Trinajstić information content (AvgIpc) is 3.02. The summed E-state index contributed by atoms with van der Waals surface area (Å²) in [7, 11) is 2.10. The van der Waals surface area contributed by atoms with Crippen LogP contribution in [0.1, 0.15) is 32.7 Å². The van der Waals surface area contributed by atoms with Gasteiger partial charge in [-0.05, 0) is 23.6 Å². The standard InChI is InChI=1S/C29H25N3OS/c1-20-27-24(28(32(20)2)23-16-10-5-11-17-23)18-25(21-12-6-3-7-13-21)30-31-29(27)34-19-26(33)22-14-8-4-9-15-22/h3-17H,18-19H2,1-2H3. The molecule has 0 aliphatic carbocycles. The number of Topliss-reactive ketones (excluding diaryl/α,β-unsaturated/α-hetero) is 1. The van der Waals surface area contributed by atoms with E-state index in [-0.39, 0.29) is 5.78 Å². The zero-order chi connectivity index (χ0) is 23.5. The van der Waals surface area contributed by atoms with Gasteiger partial charge in [-0.1, -0.05) is 103 Å². The van der Waals surface area contributed by atoms with E-state index in [1.807, 2.05) is 54.6 Å². The number of aromatic nitrogens is 1. The molecule has 4 aromatic rings. The van der Waals surface area contributed by atoms with Crippen LogP contribution in [-0.2, 0) is 13.5 Å². The van der Waals surface area contributed by atoms with Crippen molar-refractivity contribution in [3.05, 3.63) is 119 Å². The Bertz CT molecular complexity index is 1390. The summed E-state index contributed by atoms with van der Waals surface area (Å²) in [6.45, 7) is 2.12. The topological polar surface area (TPSA) is 46.7 Å². The maximum absolute atomic E-state index is 12.8. The maximum atomic E-state index is 12.8. The molecule has 0 saturated heterocycles. The van der Waals surface area contributed by atoms with Crippen LogP contribution in [0.15, 0.2) is 101 Å². The van der Waals surface area contributed by atoms with Crippen molar-refractivity contribution in [3.8, 4) is 11.3 Å². The van der Waals surface area contributed by atoms with E-state index in [0.29, 0.717) is 17.7 Å². The van der Waals surface area contributed by atoms with E-state index in [1.54, 1.807) is 0 Å². The number of nitrogens with zero attached hydrogens (tertiary/aromatic N) is 3. The van der Waals surface area contributed by atoms with Crippen LogP contribution in [-0.4, -0.2) is 26.9 Å². The van der Waals surface area contributed by atoms with E-state index in [1.165, 1.54) is 23.0 Å². The van der Waals surface area contributed by atoms with Crippen LogP contribution < -0.4 is 0 Å². The summed E-state index contributed by atoms with van der Waals surface area (Å²) in [5.74, 6) is 0.399. The summed E-state index contributed by atoms with van der Waals surface area (Å²) in [6.07, 6.45) is 0.672. The predicted molar refractivity (Wildman–Crippen MR) is 142 cm³/mol. The molecule has 0 radical (unpaired) electrons. The first-order chi connectivity index (χ1) is 16.6. The molecule has 0 spiro atoms. The molecule has 0 saturated carbocycles. The van der Waals surface area contributed by atoms with Crippen molar-refractivity contribution in [2.45, 2.75) is 13.3 Å². The Kier molecular flexibility index (Phi) is 6.28. The number of hydrogen-bond donors (Lipinski definition) is 0. The highest BCUT2D eigenvalue weighted by atomic mass is 32.2. The second-order valence-electron chi connectivity index (χ2n) is 8.29. The summed E-state index contributed by atoms with van der Waals surface area (Å²) in [5, 5.41) is 10.2. The minimum Gasteiger partial charge on any atom is -0.347 e. The molecule has 1 aromatic heterocycles. The lowest BCUT2D eigenvalue weighted by Gasteiger charge is -2.10. The fourth-order valence-corrected chi connectivity index (χ4v) is 5.33. The normalized spacial score (nSPS) is 13.0. The van der Waals surface area contributed by atoms with Crippen molar-refractivity contribution < 1.29 is 4.79 Å². The number of rotatable bonds is 5. The van der Waals surface area contributed by atoms with Crippen LogP contribution in [0.5, 0.6) is 0 Å². The van der Waals surface area contributed by atoms with Gasteiger partial charge in [-0.2, -0.15) is 5.10 Å². The van der Waals surface area contributed by atoms with Crippen LogP contribution in [0.4, 0.5) is 0 Å². The molecule has 0 N–H and O–H groups in total. The van der Waals surface area contributed by atoms with Gasteiger partial charge in [-0.25, -0.2) is 0 Å². The zero-order valence-electron chi connectivity index (χ0n) is 19.2. The Labute approximate surface area is 204 Å². The minimum atomic E-state index is 0.0863. The van der Waals surface area contributed by atoms with Crippen molar-refractivity contribution in [1.82, 2.24) is 4.57 Å². The summed E-state index contributed by atoms with van der Waals surface area (Å²) >= 11 is 1.46. The van der Waals surface area contributed by atoms with Gasteiger partial charge in [-0.3, -0.25) is 4.79 Å². The van der Waals surface area contributed by atoms with Crippen molar-refractivity contribution >= 4 is 28.3 Å². The second-order valence-corrected chi connectivity index (χ2v) is 9.25. The molecule has 0 unspecified atom stereocenters. The number of hydrogen-bond acceptors (Lipinski definition) is 4. The third-order valence-electron chi connectivity index (χ3n) is 6.20. The molecular weight excluding hydrogens is 438 g/mol. The van der Waals surface area contributed by atoms with Crippen LogP contribution in [0.3, 0.4) is 0 Å². The highest BCUT2D eigenvalue weighted by Crippen LogP contribution is 2.36. The lowest BCUT2D eigenvalue weighted by atomic mass is 9.96. The molecule has 4 nitrogen and oxygen atoms in total. The SMILES string of the molecule is Cc1c2c(c(-c3ccccc3)n1C)CC(c1ccccc1)=NN=C2SCC(=O)c1ccccc1. The quantitative estimate of drug-likeness (QED) is 0.325. The summed E-state index contributed by atoms with van der Waals surface area (Å²) in [5.41, 5.74) is 8.43. The van der Waals surface area contributed by atoms with Crippen LogP contribution in [0.2, 0.25) is 0 Å². The lowest BCUT2D eigenvalue weighted by Crippen LogP contribution is -2.08. The average molecular weight is 464 g/mol. The molecule has 5 heteroatoms. The molecule has 168 valence electrons. The van der Waals surface area contributed by atoms with E-state index < -0.39 is 0 Å². The Morgan fingerprint density at radius 1 is 0.853 bits per heavy atom. The minimum absolute atomic E-state index is 0.0863. The van der Waals surface area contributed by atoms with Gasteiger partial charge in [0.2, 0.25) is 0 Å². The first-order valence-corrected chi connectivity index (χ1v) is 12.3. The number of thioether (sulfide) groups is 1. The van der Waals surface area contributed by atoms with E-state index >= 15 is 0 Å². The van der Waals surface area contributed by atoms with Crippen molar-refractivity contribution in [1.29, 1.82) is 0 Å². The molecule has 5 rings (SSSR count). The Morgan fingerprint density at radius 3 is 2.09 bits per heavy atom. The van der Waals surface area contributed by atoms with Crippen LogP contribution in [0.25, 0.3) is 11.3 Å². The maximum Gasteiger partial charge on any atom is 0.173 e. The smallest absolute Gasteiger partial charge is 0.173 e. The van der Waals surface area contributed by atoms with E-state index in [2.05, 4.69) is 60.0 Å². The molecule has 3 aromatic carbocycles. The predicted octanol–water partition coefficient (Wildman–Crippen LogP) is 6.32. The monoisotopic (exact) mass is 463 g/mol. The Hall–Kier alpha value is -3.70. The number of ketones is 1. The van der Waals surface area contributed by atoms with Crippen LogP contribution in [0, 0.1) is 6.92 Å². The van der Waals surface area contributed by atoms with E-state index in [9.17, 15) is 4.79 Å². The Morgan fingerprint density at radius 2 is 1.44 bits per heavy atom. The fourth-order valence-electron chi connectivity index (χ4n) is 4.39. The zero-order valence-corrected chi connectivity index (χ0v) is 20.0. The van der Waals surface area contributed by atoms with Gasteiger partial charge in [0.1, 0.15) is 5.04 Å². The first kappa shape index (κ1) is 22.1. The van der Waals surface area contributed by atoms with Crippen LogP contribution >= 0.6 is 11.8 Å². The van der Waals surface area contributed by atoms with Crippen molar-refractivity contribution in [3.63, 3.8) is 0 Å². The van der Waals surface area contributed by atoms with Gasteiger partial charge in [0.05, 0.1) is 17.2 Å². The number of fused-ring (bicyclic) bond motifs is 1. The Balaban J connectivity index is 1.59. The molecule has 34 heavy (non-hydrogen) atoms. The molecule has 0 bridgehead atoms. The van der Waals surface area contributed by atoms with Crippen molar-refractivity contribution in [2.24, 2.45) is 17.3 Å². The molecule has 1 aliphatic rings. The fraction of sp³-hybridized carbons (Fsp3) is 0.138. The third kappa shape index (κ3) is 4.27. The second kappa shape index (κ2) is 9.65. The molecule has 0 atom stereocenters. The van der Waals surface area contributed by atoms with Gasteiger partial charge >= 0.3 is 0 Å². The molecule has 0 amide bonds. The van der Waals surface area contributed by atoms with E-state index in [4.69, 9.17) is 5.10 Å². The number of carbonyl (C=O) groups is 1. The summed E-state index contributed by atoms with van der Waals surface area (Å²) in [4.78, 5) is 12.8. The van der Waals surface area contributed by atoms with Gasteiger partial charge in [0.25, 0.3) is 0 Å². The molecule has 2 heterocycles. The lowest BCUT2D eigenvalue weighted by molar-refractivity contribution is 0.102. The van der Waals surface area contributed by atoms with Gasteiger partial charge < -0.3 is 4.57 Å². The number of benzene rings is 3. The van der Waals surface area contributed by atoms with Gasteiger partial charge in [0.15, 0.2) is 5.78 Å². The molecule has 1 aliphatic heterocycles. The van der Waals surface area contributed by atoms with Gasteiger partial charge in [-0.15, -0.1) is 5.10 Å². The van der Waals surface area contributed by atoms with Crippen molar-refractivity contribution in [2.75, 3.05) is 5.75 Å². The summed E-state index contributed by atoms with van der Waals surface area (Å²) in [6, 6.07) is 30.1. The van der Waals surface area contributed by atoms with E-state index in [0.717, 1.165) is 33.1 Å². The summed E-state index contributed by atoms with van der Waals surface area (Å²) < 4.78 is 2.24. The largest absolute Gasteiger partial charge is 0.347 e. The highest BCUT2D eigenvalue weighted by Gasteiger charge is 2.27. The first-order valence-electron chi connectivity index (χ1n) is 11.3.